The zero-order chi connectivity index (χ0) is 18.8. The van der Waals surface area contributed by atoms with E-state index in [-0.39, 0.29) is 17.3 Å². The maximum Gasteiger partial charge on any atom is 0.438 e. The van der Waals surface area contributed by atoms with Crippen LogP contribution >= 0.6 is 0 Å². The largest absolute Gasteiger partial charge is 0.466 e. The molecule has 1 amide bonds. The number of aliphatic hydroxyl groups is 1. The van der Waals surface area contributed by atoms with Crippen LogP contribution in [-0.4, -0.2) is 46.2 Å². The van der Waals surface area contributed by atoms with Crippen LogP contribution in [0.4, 0.5) is 13.2 Å². The molecule has 1 atom stereocenters. The summed E-state index contributed by atoms with van der Waals surface area (Å²) in [7, 11) is 0. The molecule has 0 saturated heterocycles. The highest BCUT2D eigenvalue weighted by Crippen LogP contribution is 2.41. The number of carbonyl (C=O) groups excluding carboxylic acids is 2. The monoisotopic (exact) mass is 358 g/mol. The van der Waals surface area contributed by atoms with E-state index in [1.807, 2.05) is 6.92 Å². The lowest BCUT2D eigenvalue weighted by Crippen LogP contribution is -2.57. The molecule has 0 spiro atoms. The minimum atomic E-state index is -5.15. The third kappa shape index (κ3) is 3.81. The summed E-state index contributed by atoms with van der Waals surface area (Å²) in [5.74, 6) is -2.28. The molecule has 1 heterocycles. The van der Waals surface area contributed by atoms with Crippen molar-refractivity contribution in [2.45, 2.75) is 38.6 Å². The fourth-order valence-electron chi connectivity index (χ4n) is 2.35. The van der Waals surface area contributed by atoms with Crippen LogP contribution in [0.2, 0.25) is 0 Å². The van der Waals surface area contributed by atoms with Gasteiger partial charge in [0.15, 0.2) is 0 Å². The van der Waals surface area contributed by atoms with E-state index in [0.717, 1.165) is 5.56 Å². The third-order valence-electron chi connectivity index (χ3n) is 3.66. The quantitative estimate of drug-likeness (QED) is 0.661. The van der Waals surface area contributed by atoms with Crippen molar-refractivity contribution in [2.75, 3.05) is 6.61 Å². The van der Waals surface area contributed by atoms with Gasteiger partial charge < -0.3 is 9.84 Å². The Morgan fingerprint density at radius 2 is 1.92 bits per heavy atom. The minimum absolute atomic E-state index is 0.0203. The number of ether oxygens (including phenoxy) is 1. The summed E-state index contributed by atoms with van der Waals surface area (Å²) < 4.78 is 44.6. The third-order valence-corrected chi connectivity index (χ3v) is 3.66. The molecule has 0 bridgehead atoms. The average Bonchev–Trinajstić information content (AvgIpc) is 2.87. The lowest BCUT2D eigenvalue weighted by Gasteiger charge is -2.32. The van der Waals surface area contributed by atoms with Crippen molar-refractivity contribution < 1.29 is 32.6 Å². The van der Waals surface area contributed by atoms with Crippen molar-refractivity contribution in [3.8, 4) is 0 Å². The Morgan fingerprint density at radius 3 is 2.44 bits per heavy atom. The summed E-state index contributed by atoms with van der Waals surface area (Å²) in [6.07, 6.45) is -7.02. The second kappa shape index (κ2) is 6.83. The molecule has 1 unspecified atom stereocenters. The SMILES string of the molecule is CCOC(=O)CC(=O)N1N=C(c2ccc(C)cc2)CC1(O)C(F)(F)F. The standard InChI is InChI=1S/C16H17F3N2O4/c1-3-25-14(23)8-13(22)21-15(24,16(17,18)19)9-12(20-21)11-6-4-10(2)5-7-11/h4-7,24H,3,8-9H2,1-2H3. The Bertz CT molecular complexity index is 700. The molecule has 1 aromatic carbocycles. The van der Waals surface area contributed by atoms with Gasteiger partial charge in [-0.25, -0.2) is 0 Å². The van der Waals surface area contributed by atoms with Crippen LogP contribution in [0, 0.1) is 6.92 Å². The number of hydrogen-bond acceptors (Lipinski definition) is 5. The first-order valence-corrected chi connectivity index (χ1v) is 7.51. The van der Waals surface area contributed by atoms with E-state index in [2.05, 4.69) is 9.84 Å². The molecule has 0 aromatic heterocycles. The van der Waals surface area contributed by atoms with Gasteiger partial charge in [0, 0.05) is 0 Å². The van der Waals surface area contributed by atoms with Crippen LogP contribution in [0.1, 0.15) is 30.9 Å². The number of carbonyl (C=O) groups is 2. The van der Waals surface area contributed by atoms with E-state index in [0.29, 0.717) is 5.56 Å². The molecule has 0 fully saturated rings. The Balaban J connectivity index is 2.35. The van der Waals surface area contributed by atoms with Gasteiger partial charge in [0.25, 0.3) is 11.6 Å². The molecule has 0 saturated carbocycles. The molecule has 136 valence electrons. The predicted octanol–water partition coefficient (Wildman–Crippen LogP) is 2.14. The Hall–Kier alpha value is -2.42. The van der Waals surface area contributed by atoms with Crippen LogP contribution in [0.15, 0.2) is 29.4 Å². The van der Waals surface area contributed by atoms with Gasteiger partial charge in [-0.15, -0.1) is 0 Å². The molecule has 1 aliphatic heterocycles. The first kappa shape index (κ1) is 18.9. The van der Waals surface area contributed by atoms with Crippen molar-refractivity contribution in [3.63, 3.8) is 0 Å². The summed E-state index contributed by atoms with van der Waals surface area (Å²) in [5.41, 5.74) is -2.36. The highest BCUT2D eigenvalue weighted by atomic mass is 19.4. The van der Waals surface area contributed by atoms with E-state index >= 15 is 0 Å². The molecular weight excluding hydrogens is 341 g/mol. The topological polar surface area (TPSA) is 79.2 Å². The van der Waals surface area contributed by atoms with Gasteiger partial charge in [-0.3, -0.25) is 9.59 Å². The zero-order valence-electron chi connectivity index (χ0n) is 13.6. The van der Waals surface area contributed by atoms with Gasteiger partial charge in [0.1, 0.15) is 6.42 Å². The smallest absolute Gasteiger partial charge is 0.438 e. The van der Waals surface area contributed by atoms with E-state index in [4.69, 9.17) is 0 Å². The van der Waals surface area contributed by atoms with E-state index in [9.17, 15) is 27.9 Å². The number of rotatable bonds is 4. The summed E-state index contributed by atoms with van der Waals surface area (Å²) >= 11 is 0. The molecule has 1 N–H and O–H groups in total. The molecule has 2 rings (SSSR count). The predicted molar refractivity (Wildman–Crippen MR) is 81.4 cm³/mol. The summed E-state index contributed by atoms with van der Waals surface area (Å²) in [6.45, 7) is 3.28. The lowest BCUT2D eigenvalue weighted by atomic mass is 10.00. The zero-order valence-corrected chi connectivity index (χ0v) is 13.6. The normalized spacial score (nSPS) is 20.4. The number of nitrogens with zero attached hydrogens (tertiary/aromatic N) is 2. The molecule has 1 aliphatic rings. The van der Waals surface area contributed by atoms with Crippen molar-refractivity contribution in [3.05, 3.63) is 35.4 Å². The average molecular weight is 358 g/mol. The molecule has 25 heavy (non-hydrogen) atoms. The van der Waals surface area contributed by atoms with Crippen LogP contribution in [0.3, 0.4) is 0 Å². The number of aryl methyl sites for hydroxylation is 1. The number of amides is 1. The maximum absolute atomic E-state index is 13.4. The van der Waals surface area contributed by atoms with E-state index in [1.54, 1.807) is 24.3 Å². The number of hydrazone groups is 1. The van der Waals surface area contributed by atoms with Gasteiger partial charge in [0.2, 0.25) is 0 Å². The van der Waals surface area contributed by atoms with Crippen LogP contribution < -0.4 is 0 Å². The highest BCUT2D eigenvalue weighted by Gasteiger charge is 2.63. The van der Waals surface area contributed by atoms with Gasteiger partial charge in [0.05, 0.1) is 18.7 Å². The lowest BCUT2D eigenvalue weighted by molar-refractivity contribution is -0.302. The minimum Gasteiger partial charge on any atom is -0.466 e. The van der Waals surface area contributed by atoms with Gasteiger partial charge in [-0.05, 0) is 19.4 Å². The Labute approximate surface area is 141 Å². The molecule has 0 aliphatic carbocycles. The maximum atomic E-state index is 13.4. The molecular formula is C16H17F3N2O4. The van der Waals surface area contributed by atoms with Crippen molar-refractivity contribution in [1.29, 1.82) is 0 Å². The van der Waals surface area contributed by atoms with Crippen molar-refractivity contribution in [1.82, 2.24) is 5.01 Å². The number of esters is 1. The summed E-state index contributed by atoms with van der Waals surface area (Å²) in [4.78, 5) is 23.5. The molecule has 1 aromatic rings. The molecule has 9 heteroatoms. The van der Waals surface area contributed by atoms with Crippen LogP contribution in [-0.2, 0) is 14.3 Å². The number of halogens is 3. The van der Waals surface area contributed by atoms with Gasteiger partial charge >= 0.3 is 12.1 Å². The van der Waals surface area contributed by atoms with Gasteiger partial charge in [-0.2, -0.15) is 23.3 Å². The number of hydrogen-bond donors (Lipinski definition) is 1. The number of benzene rings is 1. The Morgan fingerprint density at radius 1 is 1.32 bits per heavy atom. The van der Waals surface area contributed by atoms with Crippen LogP contribution in [0.5, 0.6) is 0 Å². The van der Waals surface area contributed by atoms with Crippen molar-refractivity contribution in [2.24, 2.45) is 5.10 Å². The first-order valence-electron chi connectivity index (χ1n) is 7.51. The number of alkyl halides is 3. The second-order valence-electron chi connectivity index (χ2n) is 5.59. The van der Waals surface area contributed by atoms with Crippen LogP contribution in [0.25, 0.3) is 0 Å². The summed E-state index contributed by atoms with van der Waals surface area (Å²) in [5, 5.41) is 13.7. The van der Waals surface area contributed by atoms with E-state index in [1.165, 1.54) is 6.92 Å². The van der Waals surface area contributed by atoms with E-state index < -0.39 is 36.6 Å². The highest BCUT2D eigenvalue weighted by molar-refractivity contribution is 6.04. The second-order valence-corrected chi connectivity index (χ2v) is 5.59. The molecule has 6 nitrogen and oxygen atoms in total. The summed E-state index contributed by atoms with van der Waals surface area (Å²) in [6, 6.07) is 6.44. The molecule has 0 radical (unpaired) electrons. The Kier molecular flexibility index (Phi) is 5.17. The fourth-order valence-corrected chi connectivity index (χ4v) is 2.35. The van der Waals surface area contributed by atoms with Gasteiger partial charge in [-0.1, -0.05) is 29.8 Å². The first-order chi connectivity index (χ1) is 11.6. The fraction of sp³-hybridized carbons (Fsp3) is 0.438. The van der Waals surface area contributed by atoms with Crippen molar-refractivity contribution >= 4 is 17.6 Å².